The van der Waals surface area contributed by atoms with Gasteiger partial charge in [-0.25, -0.2) is 8.78 Å². The molecule has 2 bridgehead atoms. The zero-order valence-electron chi connectivity index (χ0n) is 67.3. The van der Waals surface area contributed by atoms with Crippen molar-refractivity contribution in [2.24, 2.45) is 40.9 Å². The van der Waals surface area contributed by atoms with Crippen molar-refractivity contribution < 1.29 is 97.4 Å². The Labute approximate surface area is 648 Å². The zero-order chi connectivity index (χ0) is 82.7. The maximum atomic E-state index is 15.8. The molecule has 0 radical (unpaired) electrons. The first kappa shape index (κ1) is 91.0. The smallest absolute Gasteiger partial charge is 0.377 e. The molecule has 7 aliphatic rings. The van der Waals surface area contributed by atoms with Crippen LogP contribution < -0.4 is 16.0 Å². The second kappa shape index (κ2) is 38.7. The monoisotopic (exact) mass is 1590 g/mol. The van der Waals surface area contributed by atoms with Crippen LogP contribution in [0.5, 0.6) is 0 Å². The van der Waals surface area contributed by atoms with Gasteiger partial charge >= 0.3 is 12.4 Å². The number of likely N-dealkylation sites (N-methyl/N-ethyl adjacent to an activating group) is 7. The molecule has 7 rings (SSSR count). The quantitative estimate of drug-likeness (QED) is 0.106. The molecule has 3 heterocycles. The molecule has 12 amide bonds. The van der Waals surface area contributed by atoms with Crippen molar-refractivity contribution in [2.75, 3.05) is 88.7 Å². The first-order valence-electron chi connectivity index (χ1n) is 40.0. The molecular weight excluding hydrogens is 1460 g/mol. The van der Waals surface area contributed by atoms with Crippen molar-refractivity contribution in [3.05, 3.63) is 12.2 Å². The number of hydrogen-bond acceptors (Lipinski definition) is 13. The van der Waals surface area contributed by atoms with Gasteiger partial charge in [-0.1, -0.05) is 78.9 Å². The van der Waals surface area contributed by atoms with Crippen molar-refractivity contribution in [2.45, 2.75) is 281 Å². The number of amides is 12. The summed E-state index contributed by atoms with van der Waals surface area (Å²) in [6, 6.07) is -11.4. The van der Waals surface area contributed by atoms with E-state index in [1.54, 1.807) is 39.8 Å². The molecule has 2 unspecified atom stereocenters. The number of halogens is 8. The molecule has 111 heavy (non-hydrogen) atoms. The van der Waals surface area contributed by atoms with E-state index in [4.69, 9.17) is 4.74 Å². The minimum absolute atomic E-state index is 0.00599. The number of carbonyl (C=O) groups is 12. The molecule has 6 fully saturated rings. The third-order valence-corrected chi connectivity index (χ3v) is 24.8. The van der Waals surface area contributed by atoms with Crippen LogP contribution in [0.2, 0.25) is 0 Å². The van der Waals surface area contributed by atoms with Crippen LogP contribution in [0.25, 0.3) is 0 Å². The third kappa shape index (κ3) is 22.2. The van der Waals surface area contributed by atoms with E-state index in [0.29, 0.717) is 44.9 Å². The second-order valence-corrected chi connectivity index (χ2v) is 33.5. The number of nitrogens with one attached hydrogen (secondary N) is 3. The van der Waals surface area contributed by atoms with Crippen LogP contribution in [0.4, 0.5) is 35.1 Å². The fourth-order valence-corrected chi connectivity index (χ4v) is 18.1. The summed E-state index contributed by atoms with van der Waals surface area (Å²) < 4.78 is 122. The van der Waals surface area contributed by atoms with Gasteiger partial charge in [0.05, 0.1) is 31.5 Å². The summed E-state index contributed by atoms with van der Waals surface area (Å²) in [7, 11) is 9.55. The second-order valence-electron chi connectivity index (χ2n) is 33.5. The van der Waals surface area contributed by atoms with E-state index in [2.05, 4.69) is 16.0 Å². The molecule has 0 aromatic carbocycles. The Morgan fingerprint density at radius 1 is 0.649 bits per heavy atom. The van der Waals surface area contributed by atoms with Gasteiger partial charge in [-0.2, -0.15) is 26.3 Å². The number of rotatable bonds is 15. The molecule has 33 heteroatoms. The summed E-state index contributed by atoms with van der Waals surface area (Å²) in [4.78, 5) is 193. The maximum absolute atomic E-state index is 15.8. The van der Waals surface area contributed by atoms with Crippen LogP contribution in [-0.2, 0) is 62.3 Å². The summed E-state index contributed by atoms with van der Waals surface area (Å²) in [5, 5.41) is 8.50. The van der Waals surface area contributed by atoms with Gasteiger partial charge in [0, 0.05) is 82.0 Å². The number of alkyl halides is 8. The van der Waals surface area contributed by atoms with Crippen LogP contribution in [-0.4, -0.2) is 288 Å². The zero-order valence-corrected chi connectivity index (χ0v) is 67.3. The SMILES string of the molecule is CCCC[C@H]1C(=O)N[C@@H]([C@@H](C)CC)C(=O)N(C)CC(=O)N(C)[C@H]2C/C=C\CCN(C2=O)[C@@H](CC2CCC(C(F)(F)F)CC2)C(=O)N(C)CC(=O)N[C@@H](CCC2CC(F)C(C(F)(F)F)C(F)C2)C(=O)N2C[C@H](OCC)C[C@H]2C(=O)NC2(CC(C)(C)C2)C(=O)N(C)[C@@H](C2CCCC2)C(=O)N(C)[C@H](C(=O)N(C)CC)CC(=O)N1C. The van der Waals surface area contributed by atoms with Crippen molar-refractivity contribution in [3.63, 3.8) is 0 Å². The molecule has 25 nitrogen and oxygen atoms in total. The Balaban J connectivity index is 1.35. The minimum Gasteiger partial charge on any atom is -0.377 e. The van der Waals surface area contributed by atoms with Crippen LogP contribution in [0.1, 0.15) is 196 Å². The van der Waals surface area contributed by atoms with Gasteiger partial charge in [0.2, 0.25) is 70.9 Å². The van der Waals surface area contributed by atoms with E-state index in [9.17, 15) is 50.3 Å². The molecule has 3 N–H and O–H groups in total. The molecular formula is C78H122F8N12O13. The molecule has 0 aromatic rings. The topological polar surface area (TPSA) is 279 Å². The van der Waals surface area contributed by atoms with Crippen molar-refractivity contribution in [3.8, 4) is 0 Å². The van der Waals surface area contributed by atoms with Crippen LogP contribution in [0, 0.1) is 40.9 Å². The van der Waals surface area contributed by atoms with E-state index in [0.717, 1.165) is 24.5 Å². The first-order chi connectivity index (χ1) is 52.0. The number of hydrogen-bond donors (Lipinski definition) is 3. The molecule has 2 saturated heterocycles. The van der Waals surface area contributed by atoms with E-state index in [-0.39, 0.29) is 103 Å². The Morgan fingerprint density at radius 2 is 1.27 bits per heavy atom. The number of fused-ring (bicyclic) bond motifs is 3. The Hall–Kier alpha value is -7.22. The van der Waals surface area contributed by atoms with Gasteiger partial charge in [0.15, 0.2) is 0 Å². The summed E-state index contributed by atoms with van der Waals surface area (Å²) in [6.07, 6.45) is -12.8. The summed E-state index contributed by atoms with van der Waals surface area (Å²) >= 11 is 0. The minimum atomic E-state index is -5.22. The lowest BCUT2D eigenvalue weighted by Crippen LogP contribution is -2.71. The fraction of sp³-hybridized carbons (Fsp3) is 0.821. The Kier molecular flexibility index (Phi) is 31.7. The van der Waals surface area contributed by atoms with Crippen molar-refractivity contribution in [1.82, 2.24) is 60.0 Å². The molecule has 4 aliphatic carbocycles. The number of carbonyl (C=O) groups excluding carboxylic acids is 12. The van der Waals surface area contributed by atoms with Gasteiger partial charge in [-0.3, -0.25) is 57.5 Å². The normalized spacial score (nSPS) is 31.9. The molecule has 3 aliphatic heterocycles. The predicted molar refractivity (Wildman–Crippen MR) is 395 cm³/mol. The van der Waals surface area contributed by atoms with Gasteiger partial charge in [-0.05, 0) is 146 Å². The lowest BCUT2D eigenvalue weighted by Gasteiger charge is -2.54. The standard InChI is InChI=1S/C78H122F8N12O13/c1-15-19-27-55-66(102)88-64(46(5)16-2)72(108)92(10)43-62(101)94(12)56-28-21-20-24-35-97(71(56)107)59(38-47-29-32-50(33-30-47)77(81,82)83)70(106)91(9)42-60(99)87-54(34-31-48-36-52(79)63(53(80)37-48)78(84,85)86)68(104)98-41-51(111-18-4)39-57(98)67(103)89-76(44-75(6,7)45-76)74(110)96(14)65(49-25-22-23-26-49)73(109)95(13)58(40-61(100)93(55)11)69(105)90(8)17-3/h20-21,46-59,63-65H,15-19,22-45H2,1-14H3,(H,87,99)(H,88,102)(H,89,103)/b21-20-/t46-,47?,48?,50?,51+,52?,53?,54-,55-,56-,57-,58-,59-,63?,64-,65-/m0/s1. The van der Waals surface area contributed by atoms with E-state index < -0.39 is 235 Å². The summed E-state index contributed by atoms with van der Waals surface area (Å²) in [6.45, 7) is 10.7. The third-order valence-electron chi connectivity index (χ3n) is 24.8. The van der Waals surface area contributed by atoms with Crippen molar-refractivity contribution in [1.29, 1.82) is 0 Å². The molecule has 12 atom stereocenters. The van der Waals surface area contributed by atoms with Crippen LogP contribution in [0.3, 0.4) is 0 Å². The van der Waals surface area contributed by atoms with E-state index in [1.165, 1.54) is 68.9 Å². The summed E-state index contributed by atoms with van der Waals surface area (Å²) in [5.74, 6) is -16.8. The summed E-state index contributed by atoms with van der Waals surface area (Å²) in [5.41, 5.74) is -2.37. The van der Waals surface area contributed by atoms with Gasteiger partial charge < -0.3 is 64.8 Å². The Morgan fingerprint density at radius 3 is 1.84 bits per heavy atom. The van der Waals surface area contributed by atoms with Crippen molar-refractivity contribution >= 4 is 70.9 Å². The highest BCUT2D eigenvalue weighted by molar-refractivity contribution is 6.01. The lowest BCUT2D eigenvalue weighted by molar-refractivity contribution is -0.219. The predicted octanol–water partition coefficient (Wildman–Crippen LogP) is 7.52. The first-order valence-corrected chi connectivity index (χ1v) is 40.0. The fourth-order valence-electron chi connectivity index (χ4n) is 18.1. The average Bonchev–Trinajstić information content (AvgIpc) is 1.40. The average molecular weight is 1590 g/mol. The highest BCUT2D eigenvalue weighted by atomic mass is 19.4. The largest absolute Gasteiger partial charge is 0.397 e. The van der Waals surface area contributed by atoms with Gasteiger partial charge in [0.1, 0.15) is 72.1 Å². The molecule has 0 aromatic heterocycles. The van der Waals surface area contributed by atoms with E-state index in [1.807, 2.05) is 20.8 Å². The van der Waals surface area contributed by atoms with Gasteiger partial charge in [0.25, 0.3) is 0 Å². The Bertz CT molecular complexity index is 3310. The number of nitrogens with zero attached hydrogens (tertiary/aromatic N) is 9. The van der Waals surface area contributed by atoms with Crippen LogP contribution >= 0.6 is 0 Å². The van der Waals surface area contributed by atoms with Crippen LogP contribution in [0.15, 0.2) is 12.2 Å². The highest BCUT2D eigenvalue weighted by Gasteiger charge is 2.60. The molecule has 628 valence electrons. The van der Waals surface area contributed by atoms with Gasteiger partial charge in [-0.15, -0.1) is 0 Å². The number of unbranched alkanes of at least 4 members (excludes halogenated alkanes) is 1. The van der Waals surface area contributed by atoms with E-state index >= 15 is 42.3 Å². The maximum Gasteiger partial charge on any atom is 0.397 e. The number of ether oxygens (including phenoxy) is 1. The highest BCUT2D eigenvalue weighted by Crippen LogP contribution is 2.50. The molecule has 4 saturated carbocycles. The lowest BCUT2D eigenvalue weighted by atomic mass is 9.58. The molecule has 1 spiro atoms.